The molecule has 0 spiro atoms. The van der Waals surface area contributed by atoms with Gasteiger partial charge in [0.15, 0.2) is 0 Å². The minimum atomic E-state index is 0.665. The Morgan fingerprint density at radius 2 is 2.22 bits per heavy atom. The lowest BCUT2D eigenvalue weighted by molar-refractivity contribution is 0.488. The minimum absolute atomic E-state index is 0.665. The van der Waals surface area contributed by atoms with Gasteiger partial charge in [0.2, 0.25) is 0 Å². The summed E-state index contributed by atoms with van der Waals surface area (Å²) in [5.74, 6) is 1.84. The van der Waals surface area contributed by atoms with Crippen molar-refractivity contribution in [1.82, 2.24) is 14.5 Å². The zero-order chi connectivity index (χ0) is 13.0. The number of pyridine rings is 1. The van der Waals surface area contributed by atoms with Gasteiger partial charge in [-0.15, -0.1) is 0 Å². The van der Waals surface area contributed by atoms with Crippen LogP contribution in [0.5, 0.6) is 0 Å². The van der Waals surface area contributed by atoms with Crippen LogP contribution in [0.2, 0.25) is 0 Å². The van der Waals surface area contributed by atoms with Gasteiger partial charge in [-0.25, -0.2) is 4.98 Å². The molecule has 0 radical (unpaired) electrons. The third-order valence-corrected chi connectivity index (χ3v) is 3.47. The van der Waals surface area contributed by atoms with Crippen molar-refractivity contribution in [3.05, 3.63) is 24.3 Å². The zero-order valence-corrected chi connectivity index (χ0v) is 11.3. The molecule has 2 aromatic heterocycles. The van der Waals surface area contributed by atoms with Crippen molar-refractivity contribution >= 4 is 11.0 Å². The number of aromatic nitrogens is 3. The van der Waals surface area contributed by atoms with E-state index in [4.69, 9.17) is 5.73 Å². The monoisotopic (exact) mass is 246 g/mol. The third-order valence-electron chi connectivity index (χ3n) is 3.47. The van der Waals surface area contributed by atoms with Gasteiger partial charge in [-0.3, -0.25) is 4.98 Å². The fraction of sp³-hybridized carbons (Fsp3) is 0.571. The van der Waals surface area contributed by atoms with Gasteiger partial charge in [-0.05, 0) is 38.3 Å². The Morgan fingerprint density at radius 3 is 2.94 bits per heavy atom. The van der Waals surface area contributed by atoms with Gasteiger partial charge in [-0.2, -0.15) is 0 Å². The summed E-state index contributed by atoms with van der Waals surface area (Å²) in [6, 6.07) is 2.04. The normalized spacial score (nSPS) is 13.1. The number of nitrogens with two attached hydrogens (primary N) is 1. The lowest BCUT2D eigenvalue weighted by Gasteiger charge is -2.10. The van der Waals surface area contributed by atoms with E-state index in [-0.39, 0.29) is 0 Å². The van der Waals surface area contributed by atoms with E-state index in [1.54, 1.807) is 0 Å². The molecule has 0 aliphatic rings. The van der Waals surface area contributed by atoms with Crippen LogP contribution in [0.4, 0.5) is 0 Å². The molecular weight excluding hydrogens is 224 g/mol. The Balaban J connectivity index is 2.17. The number of nitrogens with zero attached hydrogens (tertiary/aromatic N) is 3. The third kappa shape index (κ3) is 2.70. The average Bonchev–Trinajstić information content (AvgIpc) is 2.74. The molecule has 0 aliphatic carbocycles. The number of hydrogen-bond acceptors (Lipinski definition) is 3. The lowest BCUT2D eigenvalue weighted by atomic mass is 10.0. The summed E-state index contributed by atoms with van der Waals surface area (Å²) in [5, 5.41) is 0. The van der Waals surface area contributed by atoms with Crippen molar-refractivity contribution in [3.8, 4) is 0 Å². The van der Waals surface area contributed by atoms with E-state index in [1.807, 2.05) is 18.5 Å². The van der Waals surface area contributed by atoms with E-state index in [0.29, 0.717) is 5.92 Å². The molecule has 2 rings (SSSR count). The number of fused-ring (bicyclic) bond motifs is 1. The molecule has 0 saturated heterocycles. The first kappa shape index (κ1) is 13.0. The van der Waals surface area contributed by atoms with E-state index in [0.717, 1.165) is 37.9 Å². The summed E-state index contributed by atoms with van der Waals surface area (Å²) in [6.45, 7) is 6.15. The Labute approximate surface area is 108 Å². The highest BCUT2D eigenvalue weighted by Gasteiger charge is 2.10. The van der Waals surface area contributed by atoms with Gasteiger partial charge in [-0.1, -0.05) is 6.92 Å². The molecule has 4 heteroatoms. The fourth-order valence-electron chi connectivity index (χ4n) is 2.38. The molecule has 0 aromatic carbocycles. The van der Waals surface area contributed by atoms with Crippen LogP contribution in [-0.4, -0.2) is 21.1 Å². The average molecular weight is 246 g/mol. The van der Waals surface area contributed by atoms with Gasteiger partial charge >= 0.3 is 0 Å². The molecule has 4 nitrogen and oxygen atoms in total. The molecule has 0 saturated carbocycles. The predicted molar refractivity (Wildman–Crippen MR) is 74.4 cm³/mol. The summed E-state index contributed by atoms with van der Waals surface area (Å²) in [6.07, 6.45) is 6.93. The molecule has 18 heavy (non-hydrogen) atoms. The van der Waals surface area contributed by atoms with Crippen molar-refractivity contribution < 1.29 is 0 Å². The van der Waals surface area contributed by atoms with Crippen LogP contribution in [0, 0.1) is 5.92 Å². The Bertz CT molecular complexity index is 503. The van der Waals surface area contributed by atoms with E-state index in [1.165, 1.54) is 11.3 Å². The largest absolute Gasteiger partial charge is 0.330 e. The van der Waals surface area contributed by atoms with Crippen LogP contribution in [-0.2, 0) is 13.0 Å². The van der Waals surface area contributed by atoms with Crippen LogP contribution in [0.15, 0.2) is 18.5 Å². The summed E-state index contributed by atoms with van der Waals surface area (Å²) in [4.78, 5) is 8.82. The van der Waals surface area contributed by atoms with Gasteiger partial charge in [0.25, 0.3) is 0 Å². The standard InChI is InChI=1S/C14H22N4/c1-3-18-13-7-9-16-10-12(13)17-14(18)5-4-11(2)6-8-15/h7,9-11H,3-6,8,15H2,1-2H3. The maximum absolute atomic E-state index is 5.59. The first-order valence-electron chi connectivity index (χ1n) is 6.75. The second-order valence-electron chi connectivity index (χ2n) is 4.86. The van der Waals surface area contributed by atoms with Crippen LogP contribution in [0.3, 0.4) is 0 Å². The van der Waals surface area contributed by atoms with Crippen LogP contribution < -0.4 is 5.73 Å². The van der Waals surface area contributed by atoms with Crippen molar-refractivity contribution in [2.45, 2.75) is 39.7 Å². The topological polar surface area (TPSA) is 56.7 Å². The molecule has 1 unspecified atom stereocenters. The fourth-order valence-corrected chi connectivity index (χ4v) is 2.38. The van der Waals surface area contributed by atoms with Gasteiger partial charge < -0.3 is 10.3 Å². The quantitative estimate of drug-likeness (QED) is 0.851. The highest BCUT2D eigenvalue weighted by atomic mass is 15.1. The van der Waals surface area contributed by atoms with Crippen LogP contribution in [0.25, 0.3) is 11.0 Å². The Morgan fingerprint density at radius 1 is 1.39 bits per heavy atom. The molecule has 0 aliphatic heterocycles. The predicted octanol–water partition coefficient (Wildman–Crippen LogP) is 2.37. The number of rotatable bonds is 6. The summed E-state index contributed by atoms with van der Waals surface area (Å²) >= 11 is 0. The van der Waals surface area contributed by atoms with Gasteiger partial charge in [0, 0.05) is 19.2 Å². The molecule has 1 atom stereocenters. The second-order valence-corrected chi connectivity index (χ2v) is 4.86. The molecule has 2 aromatic rings. The summed E-state index contributed by atoms with van der Waals surface area (Å²) in [7, 11) is 0. The first-order valence-corrected chi connectivity index (χ1v) is 6.75. The van der Waals surface area contributed by atoms with Crippen molar-refractivity contribution in [2.24, 2.45) is 11.7 Å². The lowest BCUT2D eigenvalue weighted by Crippen LogP contribution is -2.08. The number of imidazole rings is 1. The van der Waals surface area contributed by atoms with E-state index in [9.17, 15) is 0 Å². The maximum atomic E-state index is 5.59. The van der Waals surface area contributed by atoms with Crippen molar-refractivity contribution in [1.29, 1.82) is 0 Å². The Kier molecular flexibility index (Phi) is 4.31. The van der Waals surface area contributed by atoms with Crippen molar-refractivity contribution in [3.63, 3.8) is 0 Å². The minimum Gasteiger partial charge on any atom is -0.330 e. The molecule has 2 heterocycles. The molecular formula is C14H22N4. The highest BCUT2D eigenvalue weighted by Crippen LogP contribution is 2.18. The SMILES string of the molecule is CCn1c(CCC(C)CCN)nc2cnccc21. The first-order chi connectivity index (χ1) is 8.76. The van der Waals surface area contributed by atoms with E-state index >= 15 is 0 Å². The van der Waals surface area contributed by atoms with E-state index < -0.39 is 0 Å². The van der Waals surface area contributed by atoms with E-state index in [2.05, 4.69) is 28.4 Å². The molecule has 2 N–H and O–H groups in total. The van der Waals surface area contributed by atoms with Crippen molar-refractivity contribution in [2.75, 3.05) is 6.54 Å². The summed E-state index contributed by atoms with van der Waals surface area (Å²) in [5.41, 5.74) is 7.78. The highest BCUT2D eigenvalue weighted by molar-refractivity contribution is 5.74. The summed E-state index contributed by atoms with van der Waals surface area (Å²) < 4.78 is 2.28. The van der Waals surface area contributed by atoms with Crippen LogP contribution >= 0.6 is 0 Å². The molecule has 98 valence electrons. The maximum Gasteiger partial charge on any atom is 0.109 e. The Hall–Kier alpha value is -1.42. The molecule has 0 amide bonds. The van der Waals surface area contributed by atoms with Gasteiger partial charge in [0.05, 0.1) is 11.7 Å². The number of aryl methyl sites for hydroxylation is 2. The second kappa shape index (κ2) is 5.96. The number of hydrogen-bond donors (Lipinski definition) is 1. The zero-order valence-electron chi connectivity index (χ0n) is 11.3. The van der Waals surface area contributed by atoms with Gasteiger partial charge in [0.1, 0.15) is 11.3 Å². The smallest absolute Gasteiger partial charge is 0.109 e. The molecule has 0 fully saturated rings. The molecule has 0 bridgehead atoms. The van der Waals surface area contributed by atoms with Crippen LogP contribution in [0.1, 0.15) is 32.5 Å².